The molecule has 0 spiro atoms. The minimum atomic E-state index is -0.347. The Bertz CT molecular complexity index is 893. The van der Waals surface area contributed by atoms with Crippen molar-refractivity contribution in [3.63, 3.8) is 0 Å². The molecule has 3 aromatic rings. The van der Waals surface area contributed by atoms with Gasteiger partial charge in [0.15, 0.2) is 0 Å². The van der Waals surface area contributed by atoms with Crippen molar-refractivity contribution < 1.29 is 9.53 Å². The molecule has 0 atom stereocenters. The van der Waals surface area contributed by atoms with Crippen LogP contribution < -0.4 is 4.74 Å². The standard InChI is InChI=1S/C18H11BrCl2O2/c19-14-4-2-13-10-15(5-3-12(13)9-14)23-18(22)8-11-1-6-16(20)17(21)7-11/h1-7,9-10H,8H2. The van der Waals surface area contributed by atoms with E-state index in [4.69, 9.17) is 27.9 Å². The van der Waals surface area contributed by atoms with Gasteiger partial charge in [-0.25, -0.2) is 0 Å². The summed E-state index contributed by atoms with van der Waals surface area (Å²) in [5.41, 5.74) is 0.758. The van der Waals surface area contributed by atoms with Gasteiger partial charge in [-0.15, -0.1) is 0 Å². The van der Waals surface area contributed by atoms with Crippen LogP contribution in [-0.2, 0) is 11.2 Å². The van der Waals surface area contributed by atoms with E-state index in [2.05, 4.69) is 15.9 Å². The number of esters is 1. The first-order valence-electron chi connectivity index (χ1n) is 6.85. The maximum atomic E-state index is 12.1. The molecule has 116 valence electrons. The van der Waals surface area contributed by atoms with E-state index in [1.165, 1.54) is 0 Å². The highest BCUT2D eigenvalue weighted by Crippen LogP contribution is 2.25. The first kappa shape index (κ1) is 16.3. The molecule has 3 aromatic carbocycles. The number of hydrogen-bond acceptors (Lipinski definition) is 2. The minimum Gasteiger partial charge on any atom is -0.426 e. The molecular formula is C18H11BrCl2O2. The summed E-state index contributed by atoms with van der Waals surface area (Å²) in [4.78, 5) is 12.1. The zero-order valence-corrected chi connectivity index (χ0v) is 15.0. The lowest BCUT2D eigenvalue weighted by molar-refractivity contribution is -0.133. The van der Waals surface area contributed by atoms with Gasteiger partial charge in [0.25, 0.3) is 0 Å². The summed E-state index contributed by atoms with van der Waals surface area (Å²) in [5.74, 6) is 0.171. The predicted molar refractivity (Wildman–Crippen MR) is 97.4 cm³/mol. The molecular weight excluding hydrogens is 399 g/mol. The third-order valence-electron chi connectivity index (χ3n) is 3.34. The quantitative estimate of drug-likeness (QED) is 0.388. The van der Waals surface area contributed by atoms with Crippen molar-refractivity contribution in [2.45, 2.75) is 6.42 Å². The molecule has 2 nitrogen and oxygen atoms in total. The fraction of sp³-hybridized carbons (Fsp3) is 0.0556. The molecule has 0 radical (unpaired) electrons. The van der Waals surface area contributed by atoms with Crippen LogP contribution in [0.3, 0.4) is 0 Å². The van der Waals surface area contributed by atoms with Crippen molar-refractivity contribution in [3.05, 3.63) is 74.7 Å². The van der Waals surface area contributed by atoms with Crippen LogP contribution in [0.25, 0.3) is 10.8 Å². The monoisotopic (exact) mass is 408 g/mol. The Morgan fingerprint density at radius 1 is 0.913 bits per heavy atom. The highest BCUT2D eigenvalue weighted by Gasteiger charge is 2.09. The van der Waals surface area contributed by atoms with E-state index >= 15 is 0 Å². The molecule has 0 aliphatic heterocycles. The summed E-state index contributed by atoms with van der Waals surface area (Å²) in [7, 11) is 0. The van der Waals surface area contributed by atoms with Gasteiger partial charge in [0.1, 0.15) is 5.75 Å². The second-order valence-electron chi connectivity index (χ2n) is 5.05. The molecule has 0 saturated heterocycles. The number of rotatable bonds is 3. The number of halogens is 3. The van der Waals surface area contributed by atoms with E-state index in [1.54, 1.807) is 24.3 Å². The molecule has 0 aliphatic rings. The largest absolute Gasteiger partial charge is 0.426 e. The Morgan fingerprint density at radius 3 is 2.43 bits per heavy atom. The molecule has 0 N–H and O–H groups in total. The average Bonchev–Trinajstić information content (AvgIpc) is 2.51. The molecule has 23 heavy (non-hydrogen) atoms. The normalized spacial score (nSPS) is 10.7. The Balaban J connectivity index is 1.74. The zero-order valence-electron chi connectivity index (χ0n) is 11.9. The molecule has 0 heterocycles. The number of fused-ring (bicyclic) bond motifs is 1. The first-order chi connectivity index (χ1) is 11.0. The van der Waals surface area contributed by atoms with Gasteiger partial charge in [0.2, 0.25) is 0 Å². The van der Waals surface area contributed by atoms with Crippen molar-refractivity contribution in [3.8, 4) is 5.75 Å². The second-order valence-corrected chi connectivity index (χ2v) is 6.78. The lowest BCUT2D eigenvalue weighted by Gasteiger charge is -2.07. The second kappa shape index (κ2) is 6.91. The summed E-state index contributed by atoms with van der Waals surface area (Å²) in [6.07, 6.45) is 0.134. The van der Waals surface area contributed by atoms with Crippen LogP contribution in [-0.4, -0.2) is 5.97 Å². The van der Waals surface area contributed by atoms with E-state index in [0.29, 0.717) is 15.8 Å². The third kappa shape index (κ3) is 4.05. The van der Waals surface area contributed by atoms with Gasteiger partial charge in [0, 0.05) is 4.47 Å². The maximum absolute atomic E-state index is 12.1. The lowest BCUT2D eigenvalue weighted by Crippen LogP contribution is -2.11. The minimum absolute atomic E-state index is 0.134. The van der Waals surface area contributed by atoms with Crippen molar-refractivity contribution >= 4 is 55.9 Å². The van der Waals surface area contributed by atoms with Gasteiger partial charge in [0.05, 0.1) is 16.5 Å². The van der Waals surface area contributed by atoms with E-state index in [0.717, 1.165) is 20.8 Å². The first-order valence-corrected chi connectivity index (χ1v) is 8.40. The van der Waals surface area contributed by atoms with Crippen molar-refractivity contribution in [2.75, 3.05) is 0 Å². The van der Waals surface area contributed by atoms with Gasteiger partial charge in [-0.05, 0) is 52.7 Å². The molecule has 0 unspecified atom stereocenters. The molecule has 3 rings (SSSR count). The summed E-state index contributed by atoms with van der Waals surface area (Å²) >= 11 is 15.2. The van der Waals surface area contributed by atoms with Gasteiger partial charge in [-0.3, -0.25) is 4.79 Å². The number of ether oxygens (including phenoxy) is 1. The van der Waals surface area contributed by atoms with Gasteiger partial charge in [-0.1, -0.05) is 57.3 Å². The molecule has 0 bridgehead atoms. The van der Waals surface area contributed by atoms with Crippen LogP contribution in [0.15, 0.2) is 59.1 Å². The van der Waals surface area contributed by atoms with Crippen LogP contribution in [0, 0.1) is 0 Å². The smallest absolute Gasteiger partial charge is 0.315 e. The summed E-state index contributed by atoms with van der Waals surface area (Å²) in [6.45, 7) is 0. The third-order valence-corrected chi connectivity index (χ3v) is 4.57. The van der Waals surface area contributed by atoms with E-state index in [1.807, 2.05) is 30.3 Å². The van der Waals surface area contributed by atoms with Crippen molar-refractivity contribution in [1.29, 1.82) is 0 Å². The van der Waals surface area contributed by atoms with Crippen LogP contribution in [0.1, 0.15) is 5.56 Å². The van der Waals surface area contributed by atoms with Crippen molar-refractivity contribution in [2.24, 2.45) is 0 Å². The molecule has 5 heteroatoms. The summed E-state index contributed by atoms with van der Waals surface area (Å²) < 4.78 is 6.41. The number of hydrogen-bond donors (Lipinski definition) is 0. The van der Waals surface area contributed by atoms with Crippen LogP contribution >= 0.6 is 39.1 Å². The molecule has 0 saturated carbocycles. The predicted octanol–water partition coefficient (Wildman–Crippen LogP) is 6.06. The highest BCUT2D eigenvalue weighted by molar-refractivity contribution is 9.10. The average molecular weight is 410 g/mol. The van der Waals surface area contributed by atoms with E-state index in [9.17, 15) is 4.79 Å². The lowest BCUT2D eigenvalue weighted by atomic mass is 10.1. The van der Waals surface area contributed by atoms with Crippen LogP contribution in [0.5, 0.6) is 5.75 Å². The fourth-order valence-corrected chi connectivity index (χ4v) is 2.94. The Hall–Kier alpha value is -1.55. The van der Waals surface area contributed by atoms with Crippen LogP contribution in [0.2, 0.25) is 10.0 Å². The molecule has 0 amide bonds. The van der Waals surface area contributed by atoms with E-state index < -0.39 is 0 Å². The Morgan fingerprint density at radius 2 is 1.65 bits per heavy atom. The number of carbonyl (C=O) groups is 1. The summed E-state index contributed by atoms with van der Waals surface area (Å²) in [5, 5.41) is 2.97. The number of benzene rings is 3. The summed E-state index contributed by atoms with van der Waals surface area (Å²) in [6, 6.07) is 16.6. The fourth-order valence-electron chi connectivity index (χ4n) is 2.24. The maximum Gasteiger partial charge on any atom is 0.315 e. The van der Waals surface area contributed by atoms with Crippen LogP contribution in [0.4, 0.5) is 0 Å². The molecule has 0 aromatic heterocycles. The SMILES string of the molecule is O=C(Cc1ccc(Cl)c(Cl)c1)Oc1ccc2cc(Br)ccc2c1. The molecule has 0 fully saturated rings. The Kier molecular flexibility index (Phi) is 4.90. The topological polar surface area (TPSA) is 26.3 Å². The van der Waals surface area contributed by atoms with Gasteiger partial charge < -0.3 is 4.74 Å². The molecule has 0 aliphatic carbocycles. The number of carbonyl (C=O) groups excluding carboxylic acids is 1. The van der Waals surface area contributed by atoms with E-state index in [-0.39, 0.29) is 12.4 Å². The van der Waals surface area contributed by atoms with Crippen molar-refractivity contribution in [1.82, 2.24) is 0 Å². The Labute approximate surface area is 152 Å². The van der Waals surface area contributed by atoms with Gasteiger partial charge >= 0.3 is 5.97 Å². The zero-order chi connectivity index (χ0) is 16.4. The van der Waals surface area contributed by atoms with Gasteiger partial charge in [-0.2, -0.15) is 0 Å². The highest BCUT2D eigenvalue weighted by atomic mass is 79.9.